The molecule has 0 aromatic carbocycles. The SMILES string of the molecule is CCC(CO)N1CCN(S(=O)(=O)CCC(C)(C)C)CC1. The van der Waals surface area contributed by atoms with Crippen LogP contribution in [0.5, 0.6) is 0 Å². The number of aliphatic hydroxyl groups is 1. The number of sulfonamides is 1. The highest BCUT2D eigenvalue weighted by molar-refractivity contribution is 7.89. The van der Waals surface area contributed by atoms with E-state index in [0.29, 0.717) is 32.6 Å². The molecule has 0 aromatic heterocycles. The quantitative estimate of drug-likeness (QED) is 0.799. The smallest absolute Gasteiger partial charge is 0.214 e. The second-order valence-electron chi connectivity index (χ2n) is 6.81. The lowest BCUT2D eigenvalue weighted by Gasteiger charge is -2.38. The topological polar surface area (TPSA) is 60.9 Å². The van der Waals surface area contributed by atoms with Crippen LogP contribution in [0.25, 0.3) is 0 Å². The first kappa shape index (κ1) is 17.9. The molecule has 6 heteroatoms. The van der Waals surface area contributed by atoms with E-state index in [-0.39, 0.29) is 23.8 Å². The minimum Gasteiger partial charge on any atom is -0.395 e. The summed E-state index contributed by atoms with van der Waals surface area (Å²) in [6, 6.07) is 0.162. The van der Waals surface area contributed by atoms with Crippen molar-refractivity contribution in [3.8, 4) is 0 Å². The Balaban J connectivity index is 2.52. The van der Waals surface area contributed by atoms with E-state index in [1.165, 1.54) is 0 Å². The van der Waals surface area contributed by atoms with Crippen LogP contribution in [0.15, 0.2) is 0 Å². The van der Waals surface area contributed by atoms with Crippen molar-refractivity contribution in [1.29, 1.82) is 0 Å². The maximum Gasteiger partial charge on any atom is 0.214 e. The van der Waals surface area contributed by atoms with Crippen LogP contribution in [0.1, 0.15) is 40.5 Å². The molecule has 1 N–H and O–H groups in total. The van der Waals surface area contributed by atoms with Gasteiger partial charge in [0, 0.05) is 32.2 Å². The number of rotatable bonds is 6. The zero-order chi connectivity index (χ0) is 15.4. The van der Waals surface area contributed by atoms with E-state index in [1.54, 1.807) is 4.31 Å². The highest BCUT2D eigenvalue weighted by Gasteiger charge is 2.29. The Hall–Kier alpha value is -0.170. The van der Waals surface area contributed by atoms with Crippen molar-refractivity contribution >= 4 is 10.0 Å². The number of hydrogen-bond acceptors (Lipinski definition) is 4. The van der Waals surface area contributed by atoms with Crippen LogP contribution >= 0.6 is 0 Å². The van der Waals surface area contributed by atoms with E-state index in [2.05, 4.69) is 25.7 Å². The predicted molar refractivity (Wildman–Crippen MR) is 82.2 cm³/mol. The minimum atomic E-state index is -3.13. The van der Waals surface area contributed by atoms with Gasteiger partial charge >= 0.3 is 0 Å². The fourth-order valence-corrected chi connectivity index (χ4v) is 4.26. The third kappa shape index (κ3) is 5.31. The summed E-state index contributed by atoms with van der Waals surface area (Å²) in [6.45, 7) is 10.9. The summed E-state index contributed by atoms with van der Waals surface area (Å²) >= 11 is 0. The molecule has 120 valence electrons. The van der Waals surface area contributed by atoms with E-state index >= 15 is 0 Å². The van der Waals surface area contributed by atoms with Crippen molar-refractivity contribution in [1.82, 2.24) is 9.21 Å². The molecule has 1 aliphatic heterocycles. The van der Waals surface area contributed by atoms with Crippen molar-refractivity contribution in [2.45, 2.75) is 46.6 Å². The van der Waals surface area contributed by atoms with Gasteiger partial charge in [-0.3, -0.25) is 4.90 Å². The zero-order valence-electron chi connectivity index (χ0n) is 13.3. The van der Waals surface area contributed by atoms with Gasteiger partial charge < -0.3 is 5.11 Å². The molecular weight excluding hydrogens is 276 g/mol. The van der Waals surface area contributed by atoms with E-state index in [9.17, 15) is 13.5 Å². The average molecular weight is 306 g/mol. The summed E-state index contributed by atoms with van der Waals surface area (Å²) < 4.78 is 26.2. The predicted octanol–water partition coefficient (Wildman–Crippen LogP) is 1.14. The van der Waals surface area contributed by atoms with Crippen LogP contribution in [-0.4, -0.2) is 67.3 Å². The third-order valence-corrected chi connectivity index (χ3v) is 5.85. The van der Waals surface area contributed by atoms with Crippen LogP contribution in [0.4, 0.5) is 0 Å². The molecular formula is C14H30N2O3S. The van der Waals surface area contributed by atoms with Gasteiger partial charge in [0.1, 0.15) is 0 Å². The standard InChI is InChI=1S/C14H30N2O3S/c1-5-13(12-17)15-7-9-16(10-8-15)20(18,19)11-6-14(2,3)4/h13,17H,5-12H2,1-4H3. The molecule has 1 saturated heterocycles. The molecule has 1 heterocycles. The Kier molecular flexibility index (Phi) is 6.44. The highest BCUT2D eigenvalue weighted by atomic mass is 32.2. The van der Waals surface area contributed by atoms with E-state index in [1.807, 2.05) is 6.92 Å². The molecule has 0 bridgehead atoms. The fraction of sp³-hybridized carbons (Fsp3) is 1.00. The van der Waals surface area contributed by atoms with Gasteiger partial charge in [0.05, 0.1) is 12.4 Å². The van der Waals surface area contributed by atoms with Gasteiger partial charge in [-0.05, 0) is 18.3 Å². The monoisotopic (exact) mass is 306 g/mol. The molecule has 0 amide bonds. The zero-order valence-corrected chi connectivity index (χ0v) is 14.1. The van der Waals surface area contributed by atoms with Crippen molar-refractivity contribution < 1.29 is 13.5 Å². The lowest BCUT2D eigenvalue weighted by atomic mass is 9.94. The maximum atomic E-state index is 12.3. The lowest BCUT2D eigenvalue weighted by Crippen LogP contribution is -2.53. The second-order valence-corrected chi connectivity index (χ2v) is 8.89. The van der Waals surface area contributed by atoms with Crippen LogP contribution in [0.2, 0.25) is 0 Å². The fourth-order valence-electron chi connectivity index (χ4n) is 2.41. The first-order chi connectivity index (χ1) is 9.19. The van der Waals surface area contributed by atoms with Gasteiger partial charge in [-0.25, -0.2) is 8.42 Å². The van der Waals surface area contributed by atoms with Gasteiger partial charge in [-0.2, -0.15) is 4.31 Å². The van der Waals surface area contributed by atoms with Crippen molar-refractivity contribution in [3.63, 3.8) is 0 Å². The molecule has 0 radical (unpaired) electrons. The molecule has 0 aliphatic carbocycles. The Morgan fingerprint density at radius 1 is 1.15 bits per heavy atom. The van der Waals surface area contributed by atoms with Gasteiger partial charge in [0.25, 0.3) is 0 Å². The van der Waals surface area contributed by atoms with E-state index in [4.69, 9.17) is 0 Å². The Morgan fingerprint density at radius 3 is 2.10 bits per heavy atom. The van der Waals surface area contributed by atoms with Gasteiger partial charge in [-0.15, -0.1) is 0 Å². The van der Waals surface area contributed by atoms with Crippen molar-refractivity contribution in [2.24, 2.45) is 5.41 Å². The molecule has 1 aliphatic rings. The molecule has 1 unspecified atom stereocenters. The molecule has 0 aromatic rings. The summed E-state index contributed by atoms with van der Waals surface area (Å²) in [6.07, 6.45) is 1.58. The first-order valence-corrected chi connectivity index (χ1v) is 9.13. The van der Waals surface area contributed by atoms with Crippen LogP contribution < -0.4 is 0 Å². The maximum absolute atomic E-state index is 12.3. The molecule has 0 spiro atoms. The number of nitrogens with zero attached hydrogens (tertiary/aromatic N) is 2. The Bertz CT molecular complexity index is 378. The molecule has 1 rings (SSSR count). The number of hydrogen-bond donors (Lipinski definition) is 1. The molecule has 1 atom stereocenters. The summed E-state index contributed by atoms with van der Waals surface area (Å²) in [7, 11) is -3.13. The second kappa shape index (κ2) is 7.20. The van der Waals surface area contributed by atoms with Gasteiger partial charge in [0.15, 0.2) is 0 Å². The Morgan fingerprint density at radius 2 is 1.70 bits per heavy atom. The molecule has 1 fully saturated rings. The lowest BCUT2D eigenvalue weighted by molar-refractivity contribution is 0.0880. The van der Waals surface area contributed by atoms with Gasteiger partial charge in [-0.1, -0.05) is 27.7 Å². The van der Waals surface area contributed by atoms with E-state index < -0.39 is 10.0 Å². The van der Waals surface area contributed by atoms with Crippen LogP contribution in [0.3, 0.4) is 0 Å². The first-order valence-electron chi connectivity index (χ1n) is 7.52. The normalized spacial score (nSPS) is 21.1. The van der Waals surface area contributed by atoms with Crippen molar-refractivity contribution in [2.75, 3.05) is 38.5 Å². The number of aliphatic hydroxyl groups excluding tert-OH is 1. The van der Waals surface area contributed by atoms with Crippen molar-refractivity contribution in [3.05, 3.63) is 0 Å². The van der Waals surface area contributed by atoms with E-state index in [0.717, 1.165) is 6.42 Å². The largest absolute Gasteiger partial charge is 0.395 e. The third-order valence-electron chi connectivity index (χ3n) is 3.98. The highest BCUT2D eigenvalue weighted by Crippen LogP contribution is 2.21. The summed E-state index contributed by atoms with van der Waals surface area (Å²) in [5, 5.41) is 9.30. The van der Waals surface area contributed by atoms with Crippen LogP contribution in [0, 0.1) is 5.41 Å². The minimum absolute atomic E-state index is 0.0408. The average Bonchev–Trinajstić information content (AvgIpc) is 2.38. The molecule has 0 saturated carbocycles. The molecule has 5 nitrogen and oxygen atoms in total. The number of piperazine rings is 1. The van der Waals surface area contributed by atoms with Crippen LogP contribution in [-0.2, 0) is 10.0 Å². The molecule has 20 heavy (non-hydrogen) atoms. The van der Waals surface area contributed by atoms with Gasteiger partial charge in [0.2, 0.25) is 10.0 Å². The summed E-state index contributed by atoms with van der Waals surface area (Å²) in [5.41, 5.74) is 0.0408. The summed E-state index contributed by atoms with van der Waals surface area (Å²) in [5.74, 6) is 0.230. The summed E-state index contributed by atoms with van der Waals surface area (Å²) in [4.78, 5) is 2.19. The Labute approximate surface area is 124 Å².